The fourth-order valence-electron chi connectivity index (χ4n) is 1.28. The van der Waals surface area contributed by atoms with E-state index in [1.807, 2.05) is 6.92 Å². The Kier molecular flexibility index (Phi) is 4.91. The first-order valence-electron chi connectivity index (χ1n) is 5.47. The molecule has 0 fully saturated rings. The van der Waals surface area contributed by atoms with Gasteiger partial charge < -0.3 is 10.6 Å². The molecule has 1 unspecified atom stereocenters. The zero-order valence-corrected chi connectivity index (χ0v) is 9.95. The lowest BCUT2D eigenvalue weighted by Crippen LogP contribution is -2.32. The summed E-state index contributed by atoms with van der Waals surface area (Å²) in [6.07, 6.45) is 1.90. The van der Waals surface area contributed by atoms with Gasteiger partial charge in [-0.3, -0.25) is 9.89 Å². The minimum absolute atomic E-state index is 0.0112. The molecule has 0 aliphatic rings. The first-order valence-corrected chi connectivity index (χ1v) is 5.47. The van der Waals surface area contributed by atoms with Crippen molar-refractivity contribution in [1.82, 2.24) is 25.8 Å². The van der Waals surface area contributed by atoms with Crippen molar-refractivity contribution in [2.45, 2.75) is 39.3 Å². The molecule has 6 heteroatoms. The number of amides is 1. The highest BCUT2D eigenvalue weighted by atomic mass is 16.1. The van der Waals surface area contributed by atoms with Gasteiger partial charge in [0.2, 0.25) is 5.91 Å². The van der Waals surface area contributed by atoms with E-state index < -0.39 is 0 Å². The topological polar surface area (TPSA) is 82.7 Å². The van der Waals surface area contributed by atoms with Gasteiger partial charge in [-0.15, -0.1) is 0 Å². The summed E-state index contributed by atoms with van der Waals surface area (Å²) in [7, 11) is 0. The van der Waals surface area contributed by atoms with Crippen LogP contribution in [0.3, 0.4) is 0 Å². The van der Waals surface area contributed by atoms with E-state index in [2.05, 4.69) is 39.7 Å². The van der Waals surface area contributed by atoms with Crippen LogP contribution in [0.5, 0.6) is 0 Å². The van der Waals surface area contributed by atoms with E-state index in [4.69, 9.17) is 0 Å². The van der Waals surface area contributed by atoms with Gasteiger partial charge in [0.1, 0.15) is 12.2 Å². The Morgan fingerprint density at radius 2 is 2.25 bits per heavy atom. The van der Waals surface area contributed by atoms with Gasteiger partial charge in [-0.25, -0.2) is 4.98 Å². The van der Waals surface area contributed by atoms with Crippen molar-refractivity contribution in [3.05, 3.63) is 12.2 Å². The summed E-state index contributed by atoms with van der Waals surface area (Å²) in [6, 6.07) is 0.272. The van der Waals surface area contributed by atoms with Crippen LogP contribution in [0, 0.1) is 0 Å². The van der Waals surface area contributed by atoms with E-state index in [1.165, 1.54) is 6.33 Å². The van der Waals surface area contributed by atoms with Crippen LogP contribution in [-0.4, -0.2) is 33.7 Å². The molecule has 1 rings (SSSR count). The van der Waals surface area contributed by atoms with Crippen molar-refractivity contribution < 1.29 is 4.79 Å². The quantitative estimate of drug-likeness (QED) is 0.653. The second-order valence-electron chi connectivity index (χ2n) is 4.02. The summed E-state index contributed by atoms with van der Waals surface area (Å²) in [6.45, 7) is 6.66. The second kappa shape index (κ2) is 6.22. The molecule has 1 aromatic rings. The molecular formula is C10H19N5O. The first-order chi connectivity index (χ1) is 7.59. The van der Waals surface area contributed by atoms with E-state index in [0.29, 0.717) is 24.8 Å². The van der Waals surface area contributed by atoms with Gasteiger partial charge in [-0.05, 0) is 6.92 Å². The molecule has 0 spiro atoms. The molecule has 3 N–H and O–H groups in total. The number of nitrogens with zero attached hydrogens (tertiary/aromatic N) is 2. The lowest BCUT2D eigenvalue weighted by atomic mass is 10.3. The van der Waals surface area contributed by atoms with Crippen molar-refractivity contribution in [3.63, 3.8) is 0 Å². The molecule has 16 heavy (non-hydrogen) atoms. The highest BCUT2D eigenvalue weighted by molar-refractivity contribution is 5.76. The van der Waals surface area contributed by atoms with Crippen LogP contribution in [0.15, 0.2) is 6.33 Å². The van der Waals surface area contributed by atoms with Crippen LogP contribution >= 0.6 is 0 Å². The van der Waals surface area contributed by atoms with Gasteiger partial charge in [-0.2, -0.15) is 5.10 Å². The molecule has 0 aliphatic carbocycles. The van der Waals surface area contributed by atoms with Gasteiger partial charge in [0, 0.05) is 19.0 Å². The zero-order chi connectivity index (χ0) is 12.0. The standard InChI is InChI=1S/C10H19N5O/c1-7(2)11-5-4-9(16)14-8(3)10-12-6-13-15-10/h6-8,11H,4-5H2,1-3H3,(H,14,16)(H,12,13,15). The van der Waals surface area contributed by atoms with E-state index in [1.54, 1.807) is 0 Å². The predicted octanol–water partition coefficient (Wildman–Crippen LogP) is 0.370. The third kappa shape index (κ3) is 4.39. The average Bonchev–Trinajstić information content (AvgIpc) is 2.69. The van der Waals surface area contributed by atoms with E-state index in [-0.39, 0.29) is 11.9 Å². The number of carbonyl (C=O) groups is 1. The van der Waals surface area contributed by atoms with Gasteiger partial charge in [0.15, 0.2) is 0 Å². The smallest absolute Gasteiger partial charge is 0.221 e. The number of aromatic nitrogens is 3. The summed E-state index contributed by atoms with van der Waals surface area (Å²) in [5.74, 6) is 0.683. The summed E-state index contributed by atoms with van der Waals surface area (Å²) in [5, 5.41) is 12.5. The molecule has 0 bridgehead atoms. The Bertz CT molecular complexity index is 309. The van der Waals surface area contributed by atoms with Crippen LogP contribution in [0.1, 0.15) is 39.1 Å². The number of aromatic amines is 1. The Morgan fingerprint density at radius 3 is 2.81 bits per heavy atom. The molecule has 1 amide bonds. The Balaban J connectivity index is 2.24. The summed E-state index contributed by atoms with van der Waals surface area (Å²) in [5.41, 5.74) is 0. The fourth-order valence-corrected chi connectivity index (χ4v) is 1.28. The van der Waals surface area contributed by atoms with Crippen molar-refractivity contribution in [3.8, 4) is 0 Å². The Labute approximate surface area is 95.2 Å². The normalized spacial score (nSPS) is 12.8. The molecule has 1 heterocycles. The van der Waals surface area contributed by atoms with Crippen LogP contribution in [0.25, 0.3) is 0 Å². The van der Waals surface area contributed by atoms with E-state index in [0.717, 1.165) is 0 Å². The molecule has 0 saturated heterocycles. The predicted molar refractivity (Wildman–Crippen MR) is 60.7 cm³/mol. The SMILES string of the molecule is CC(C)NCCC(=O)NC(C)c1ncn[nH]1. The minimum Gasteiger partial charge on any atom is -0.346 e. The van der Waals surface area contributed by atoms with Gasteiger partial charge in [0.05, 0.1) is 6.04 Å². The molecule has 90 valence electrons. The molecule has 0 saturated carbocycles. The summed E-state index contributed by atoms with van der Waals surface area (Å²) < 4.78 is 0. The molecule has 0 aromatic carbocycles. The zero-order valence-electron chi connectivity index (χ0n) is 9.95. The van der Waals surface area contributed by atoms with Gasteiger partial charge in [-0.1, -0.05) is 13.8 Å². The minimum atomic E-state index is -0.131. The summed E-state index contributed by atoms with van der Waals surface area (Å²) in [4.78, 5) is 15.5. The first kappa shape index (κ1) is 12.6. The van der Waals surface area contributed by atoms with Crippen LogP contribution in [0.2, 0.25) is 0 Å². The third-order valence-corrected chi connectivity index (χ3v) is 2.13. The lowest BCUT2D eigenvalue weighted by molar-refractivity contribution is -0.121. The average molecular weight is 225 g/mol. The van der Waals surface area contributed by atoms with Crippen molar-refractivity contribution in [2.75, 3.05) is 6.54 Å². The van der Waals surface area contributed by atoms with Crippen molar-refractivity contribution in [2.24, 2.45) is 0 Å². The van der Waals surface area contributed by atoms with Gasteiger partial charge >= 0.3 is 0 Å². The van der Waals surface area contributed by atoms with Crippen LogP contribution < -0.4 is 10.6 Å². The molecular weight excluding hydrogens is 206 g/mol. The van der Waals surface area contributed by atoms with E-state index in [9.17, 15) is 4.79 Å². The number of rotatable bonds is 6. The monoisotopic (exact) mass is 225 g/mol. The van der Waals surface area contributed by atoms with E-state index >= 15 is 0 Å². The lowest BCUT2D eigenvalue weighted by Gasteiger charge is -2.12. The maximum absolute atomic E-state index is 11.5. The maximum atomic E-state index is 11.5. The molecule has 6 nitrogen and oxygen atoms in total. The van der Waals surface area contributed by atoms with Crippen LogP contribution in [-0.2, 0) is 4.79 Å². The maximum Gasteiger partial charge on any atom is 0.221 e. The third-order valence-electron chi connectivity index (χ3n) is 2.13. The number of H-pyrrole nitrogens is 1. The number of carbonyl (C=O) groups excluding carboxylic acids is 1. The highest BCUT2D eigenvalue weighted by Gasteiger charge is 2.11. The largest absolute Gasteiger partial charge is 0.346 e. The number of hydrogen-bond donors (Lipinski definition) is 3. The number of hydrogen-bond acceptors (Lipinski definition) is 4. The fraction of sp³-hybridized carbons (Fsp3) is 0.700. The van der Waals surface area contributed by atoms with Crippen molar-refractivity contribution >= 4 is 5.91 Å². The summed E-state index contributed by atoms with van der Waals surface area (Å²) >= 11 is 0. The Morgan fingerprint density at radius 1 is 1.50 bits per heavy atom. The highest BCUT2D eigenvalue weighted by Crippen LogP contribution is 2.03. The van der Waals surface area contributed by atoms with Crippen LogP contribution in [0.4, 0.5) is 0 Å². The molecule has 1 atom stereocenters. The number of nitrogens with one attached hydrogen (secondary N) is 3. The molecule has 0 radical (unpaired) electrons. The molecule has 0 aliphatic heterocycles. The Hall–Kier alpha value is -1.43. The molecule has 1 aromatic heterocycles. The van der Waals surface area contributed by atoms with Crippen molar-refractivity contribution in [1.29, 1.82) is 0 Å². The second-order valence-corrected chi connectivity index (χ2v) is 4.02. The van der Waals surface area contributed by atoms with Gasteiger partial charge in [0.25, 0.3) is 0 Å².